The van der Waals surface area contributed by atoms with E-state index in [4.69, 9.17) is 11.6 Å². The van der Waals surface area contributed by atoms with Gasteiger partial charge in [0.05, 0.1) is 11.2 Å². The normalized spacial score (nSPS) is 10.8. The van der Waals surface area contributed by atoms with E-state index < -0.39 is 11.7 Å². The molecule has 21 heavy (non-hydrogen) atoms. The molecular weight excluding hydrogens is 295 g/mol. The maximum atomic E-state index is 13.1. The fourth-order valence-electron chi connectivity index (χ4n) is 1.95. The van der Waals surface area contributed by atoms with E-state index in [-0.39, 0.29) is 10.7 Å². The van der Waals surface area contributed by atoms with Crippen LogP contribution in [-0.2, 0) is 0 Å². The number of aromatic nitrogens is 3. The van der Waals surface area contributed by atoms with Crippen LogP contribution in [0.5, 0.6) is 0 Å². The van der Waals surface area contributed by atoms with Crippen molar-refractivity contribution in [2.75, 3.05) is 5.32 Å². The van der Waals surface area contributed by atoms with Gasteiger partial charge < -0.3 is 5.32 Å². The molecule has 0 spiro atoms. The fraction of sp³-hybridized carbons (Fsp3) is 0.0714. The number of aryl methyl sites for hydroxylation is 1. The minimum atomic E-state index is -0.538. The monoisotopic (exact) mass is 304 g/mol. The standard InChI is InChI=1S/C14H10ClFN4O/c1-8-6-12(19-13-4-5-17-20(8)13)14(21)18-9-2-3-11(16)10(15)7-9/h2-7H,1H3,(H,18,21). The molecular formula is C14H10ClFN4O. The lowest BCUT2D eigenvalue weighted by molar-refractivity contribution is 0.102. The number of amides is 1. The zero-order valence-electron chi connectivity index (χ0n) is 11.0. The lowest BCUT2D eigenvalue weighted by Crippen LogP contribution is -2.15. The van der Waals surface area contributed by atoms with Crippen molar-refractivity contribution in [3.63, 3.8) is 0 Å². The summed E-state index contributed by atoms with van der Waals surface area (Å²) in [6.07, 6.45) is 1.61. The van der Waals surface area contributed by atoms with Crippen LogP contribution in [0.3, 0.4) is 0 Å². The molecule has 0 radical (unpaired) electrons. The summed E-state index contributed by atoms with van der Waals surface area (Å²) < 4.78 is 14.7. The number of fused-ring (bicyclic) bond motifs is 1. The molecule has 1 aromatic carbocycles. The Hall–Kier alpha value is -2.47. The number of nitrogens with zero attached hydrogens (tertiary/aromatic N) is 3. The molecule has 2 heterocycles. The number of anilines is 1. The molecule has 0 saturated carbocycles. The Morgan fingerprint density at radius 2 is 2.14 bits per heavy atom. The van der Waals surface area contributed by atoms with Gasteiger partial charge in [-0.3, -0.25) is 4.79 Å². The topological polar surface area (TPSA) is 59.3 Å². The van der Waals surface area contributed by atoms with Crippen LogP contribution in [-0.4, -0.2) is 20.5 Å². The van der Waals surface area contributed by atoms with Crippen molar-refractivity contribution < 1.29 is 9.18 Å². The van der Waals surface area contributed by atoms with Gasteiger partial charge in [0.15, 0.2) is 5.65 Å². The van der Waals surface area contributed by atoms with E-state index >= 15 is 0 Å². The predicted molar refractivity (Wildman–Crippen MR) is 77.1 cm³/mol. The van der Waals surface area contributed by atoms with Crippen LogP contribution in [0.1, 0.15) is 16.2 Å². The van der Waals surface area contributed by atoms with Crippen LogP contribution in [0, 0.1) is 12.7 Å². The minimum Gasteiger partial charge on any atom is -0.321 e. The third-order valence-electron chi connectivity index (χ3n) is 2.95. The molecule has 0 fully saturated rings. The molecule has 0 aliphatic heterocycles. The summed E-state index contributed by atoms with van der Waals surface area (Å²) in [6, 6.07) is 7.30. The highest BCUT2D eigenvalue weighted by molar-refractivity contribution is 6.31. The Morgan fingerprint density at radius 1 is 1.33 bits per heavy atom. The van der Waals surface area contributed by atoms with E-state index in [9.17, 15) is 9.18 Å². The van der Waals surface area contributed by atoms with Crippen LogP contribution in [0.4, 0.5) is 10.1 Å². The second kappa shape index (κ2) is 5.14. The van der Waals surface area contributed by atoms with E-state index in [0.717, 1.165) is 5.69 Å². The van der Waals surface area contributed by atoms with Crippen LogP contribution >= 0.6 is 11.6 Å². The van der Waals surface area contributed by atoms with Crippen molar-refractivity contribution in [3.8, 4) is 0 Å². The molecule has 0 saturated heterocycles. The molecule has 5 nitrogen and oxygen atoms in total. The molecule has 1 amide bonds. The van der Waals surface area contributed by atoms with Crippen LogP contribution in [0.15, 0.2) is 36.5 Å². The van der Waals surface area contributed by atoms with Crippen LogP contribution < -0.4 is 5.32 Å². The maximum Gasteiger partial charge on any atom is 0.274 e. The summed E-state index contributed by atoms with van der Waals surface area (Å²) in [5.41, 5.74) is 2.02. The van der Waals surface area contributed by atoms with E-state index in [2.05, 4.69) is 15.4 Å². The van der Waals surface area contributed by atoms with Crippen molar-refractivity contribution in [2.24, 2.45) is 0 Å². The van der Waals surface area contributed by atoms with Gasteiger partial charge in [-0.15, -0.1) is 0 Å². The van der Waals surface area contributed by atoms with Crippen LogP contribution in [0.25, 0.3) is 5.65 Å². The smallest absolute Gasteiger partial charge is 0.274 e. The van der Waals surface area contributed by atoms with E-state index in [1.54, 1.807) is 22.8 Å². The number of benzene rings is 1. The second-order valence-electron chi connectivity index (χ2n) is 4.47. The van der Waals surface area contributed by atoms with Gasteiger partial charge in [-0.1, -0.05) is 11.6 Å². The van der Waals surface area contributed by atoms with E-state index in [0.29, 0.717) is 11.3 Å². The van der Waals surface area contributed by atoms with E-state index in [1.165, 1.54) is 18.2 Å². The lowest BCUT2D eigenvalue weighted by Gasteiger charge is -2.07. The number of hydrogen-bond acceptors (Lipinski definition) is 3. The van der Waals surface area contributed by atoms with Gasteiger partial charge in [0.25, 0.3) is 5.91 Å². The first kappa shape index (κ1) is 13.5. The van der Waals surface area contributed by atoms with Gasteiger partial charge in [0.2, 0.25) is 0 Å². The molecule has 2 aromatic heterocycles. The van der Waals surface area contributed by atoms with Gasteiger partial charge in [-0.05, 0) is 31.2 Å². The zero-order valence-corrected chi connectivity index (χ0v) is 11.7. The van der Waals surface area contributed by atoms with Crippen LogP contribution in [0.2, 0.25) is 5.02 Å². The van der Waals surface area contributed by atoms with Gasteiger partial charge in [-0.25, -0.2) is 13.9 Å². The number of carbonyl (C=O) groups is 1. The second-order valence-corrected chi connectivity index (χ2v) is 4.87. The van der Waals surface area contributed by atoms with Crippen molar-refractivity contribution in [1.82, 2.24) is 14.6 Å². The summed E-state index contributed by atoms with van der Waals surface area (Å²) in [7, 11) is 0. The zero-order chi connectivity index (χ0) is 15.0. The SMILES string of the molecule is Cc1cc(C(=O)Nc2ccc(F)c(Cl)c2)nc2ccnn12. The fourth-order valence-corrected chi connectivity index (χ4v) is 2.13. The molecule has 0 aliphatic carbocycles. The third-order valence-corrected chi connectivity index (χ3v) is 3.24. The van der Waals surface area contributed by atoms with Crippen molar-refractivity contribution in [2.45, 2.75) is 6.92 Å². The Kier molecular flexibility index (Phi) is 3.31. The average molecular weight is 305 g/mol. The number of halogens is 2. The Labute approximate surface area is 124 Å². The number of nitrogens with one attached hydrogen (secondary N) is 1. The summed E-state index contributed by atoms with van der Waals surface area (Å²) >= 11 is 5.68. The molecule has 0 aliphatic rings. The number of carbonyl (C=O) groups excluding carboxylic acids is 1. The molecule has 3 aromatic rings. The Morgan fingerprint density at radius 3 is 2.90 bits per heavy atom. The summed E-state index contributed by atoms with van der Waals surface area (Å²) in [5, 5.41) is 6.66. The minimum absolute atomic E-state index is 0.0526. The molecule has 1 N–H and O–H groups in total. The molecule has 3 rings (SSSR count). The Balaban J connectivity index is 1.91. The van der Waals surface area contributed by atoms with Gasteiger partial charge in [0.1, 0.15) is 11.5 Å². The summed E-state index contributed by atoms with van der Waals surface area (Å²) in [4.78, 5) is 16.4. The largest absolute Gasteiger partial charge is 0.321 e. The number of rotatable bonds is 2. The highest BCUT2D eigenvalue weighted by atomic mass is 35.5. The molecule has 0 atom stereocenters. The highest BCUT2D eigenvalue weighted by Gasteiger charge is 2.12. The van der Waals surface area contributed by atoms with Crippen molar-refractivity contribution in [3.05, 3.63) is 58.8 Å². The highest BCUT2D eigenvalue weighted by Crippen LogP contribution is 2.20. The molecule has 106 valence electrons. The predicted octanol–water partition coefficient (Wildman–Crippen LogP) is 3.08. The third kappa shape index (κ3) is 2.57. The van der Waals surface area contributed by atoms with Gasteiger partial charge >= 0.3 is 0 Å². The number of hydrogen-bond donors (Lipinski definition) is 1. The summed E-state index contributed by atoms with van der Waals surface area (Å²) in [5.74, 6) is -0.936. The van der Waals surface area contributed by atoms with E-state index in [1.807, 2.05) is 6.92 Å². The first-order chi connectivity index (χ1) is 10.0. The van der Waals surface area contributed by atoms with Crippen molar-refractivity contribution >= 4 is 28.8 Å². The molecule has 0 unspecified atom stereocenters. The summed E-state index contributed by atoms with van der Waals surface area (Å²) in [6.45, 7) is 1.83. The molecule has 7 heteroatoms. The molecule has 0 bridgehead atoms. The quantitative estimate of drug-likeness (QED) is 0.791. The maximum absolute atomic E-state index is 13.1. The average Bonchev–Trinajstić information content (AvgIpc) is 2.92. The Bertz CT molecular complexity index is 846. The van der Waals surface area contributed by atoms with Gasteiger partial charge in [0, 0.05) is 17.4 Å². The first-order valence-corrected chi connectivity index (χ1v) is 6.50. The lowest BCUT2D eigenvalue weighted by atomic mass is 10.2. The van der Waals surface area contributed by atoms with Crippen molar-refractivity contribution in [1.29, 1.82) is 0 Å². The van der Waals surface area contributed by atoms with Gasteiger partial charge in [-0.2, -0.15) is 5.10 Å². The first-order valence-electron chi connectivity index (χ1n) is 6.12.